The summed E-state index contributed by atoms with van der Waals surface area (Å²) in [5, 5.41) is 0. The van der Waals surface area contributed by atoms with Crippen LogP contribution >= 0.6 is 0 Å². The molecule has 0 spiro atoms. The zero-order valence-corrected chi connectivity index (χ0v) is 14.7. The van der Waals surface area contributed by atoms with E-state index in [1.807, 2.05) is 10.6 Å². The van der Waals surface area contributed by atoms with Crippen molar-refractivity contribution in [3.8, 4) is 0 Å². The summed E-state index contributed by atoms with van der Waals surface area (Å²) in [6, 6.07) is 12.2. The molecule has 1 heterocycles. The number of hydrogen-bond donors (Lipinski definition) is 0. The van der Waals surface area contributed by atoms with Gasteiger partial charge in [0, 0.05) is 25.5 Å². The third kappa shape index (κ3) is 4.47. The first-order valence-electron chi connectivity index (χ1n) is 8.47. The Bertz CT molecular complexity index is 952. The summed E-state index contributed by atoms with van der Waals surface area (Å²) in [5.74, 6) is -0.698. The second-order valence-electron chi connectivity index (χ2n) is 6.06. The average Bonchev–Trinajstić information content (AvgIpc) is 3.08. The van der Waals surface area contributed by atoms with E-state index >= 15 is 0 Å². The van der Waals surface area contributed by atoms with E-state index in [9.17, 15) is 13.6 Å². The molecule has 0 unspecified atom stereocenters. The molecule has 0 radical (unpaired) electrons. The van der Waals surface area contributed by atoms with Gasteiger partial charge in [0.15, 0.2) is 0 Å². The Balaban J connectivity index is 1.82. The van der Waals surface area contributed by atoms with E-state index in [2.05, 4.69) is 11.6 Å². The van der Waals surface area contributed by atoms with E-state index in [-0.39, 0.29) is 24.5 Å². The number of carbonyl (C=O) groups excluding carboxylic acids is 1. The van der Waals surface area contributed by atoms with Gasteiger partial charge in [-0.3, -0.25) is 4.79 Å². The summed E-state index contributed by atoms with van der Waals surface area (Å²) < 4.78 is 29.2. The Morgan fingerprint density at radius 2 is 2.00 bits per heavy atom. The second-order valence-corrected chi connectivity index (χ2v) is 6.06. The summed E-state index contributed by atoms with van der Waals surface area (Å²) >= 11 is 0. The van der Waals surface area contributed by atoms with Crippen LogP contribution < -0.4 is 0 Å². The molecule has 0 atom stereocenters. The van der Waals surface area contributed by atoms with Crippen LogP contribution in [0.3, 0.4) is 0 Å². The van der Waals surface area contributed by atoms with E-state index in [1.165, 1.54) is 35.2 Å². The predicted octanol–water partition coefficient (Wildman–Crippen LogP) is 4.04. The zero-order chi connectivity index (χ0) is 19.2. The lowest BCUT2D eigenvalue weighted by atomic mass is 10.2. The molecule has 0 bridgehead atoms. The first kappa shape index (κ1) is 18.5. The number of rotatable bonds is 7. The molecular formula is C21H19F2N3O. The van der Waals surface area contributed by atoms with Crippen LogP contribution in [-0.4, -0.2) is 26.9 Å². The molecule has 0 fully saturated rings. The number of hydrogen-bond acceptors (Lipinski definition) is 2. The van der Waals surface area contributed by atoms with Gasteiger partial charge in [-0.05, 0) is 29.8 Å². The highest BCUT2D eigenvalue weighted by molar-refractivity contribution is 5.94. The largest absolute Gasteiger partial charge is 0.329 e. The predicted molar refractivity (Wildman–Crippen MR) is 99.1 cm³/mol. The summed E-state index contributed by atoms with van der Waals surface area (Å²) in [4.78, 5) is 18.5. The van der Waals surface area contributed by atoms with Crippen LogP contribution in [-0.2, 0) is 13.1 Å². The summed E-state index contributed by atoms with van der Waals surface area (Å²) in [5.41, 5.74) is 0.785. The maximum atomic E-state index is 14.0. The molecule has 1 amide bonds. The molecule has 0 aliphatic rings. The van der Waals surface area contributed by atoms with Gasteiger partial charge in [-0.25, -0.2) is 13.8 Å². The van der Waals surface area contributed by atoms with E-state index in [4.69, 9.17) is 0 Å². The molecule has 0 saturated heterocycles. The number of benzene rings is 2. The van der Waals surface area contributed by atoms with Gasteiger partial charge < -0.3 is 9.47 Å². The van der Waals surface area contributed by atoms with Crippen LogP contribution in [0.2, 0.25) is 0 Å². The maximum absolute atomic E-state index is 14.0. The third-order valence-corrected chi connectivity index (χ3v) is 4.12. The van der Waals surface area contributed by atoms with Crippen molar-refractivity contribution in [2.24, 2.45) is 0 Å². The number of imidazole rings is 1. The maximum Gasteiger partial charge on any atom is 0.257 e. The topological polar surface area (TPSA) is 38.1 Å². The van der Waals surface area contributed by atoms with Crippen LogP contribution in [0.4, 0.5) is 8.78 Å². The minimum absolute atomic E-state index is 0.00239. The van der Waals surface area contributed by atoms with E-state index < -0.39 is 11.7 Å². The molecule has 6 heteroatoms. The van der Waals surface area contributed by atoms with Crippen molar-refractivity contribution in [3.63, 3.8) is 0 Å². The van der Waals surface area contributed by atoms with Gasteiger partial charge in [0.25, 0.3) is 5.91 Å². The van der Waals surface area contributed by atoms with Gasteiger partial charge in [-0.2, -0.15) is 0 Å². The monoisotopic (exact) mass is 367 g/mol. The molecule has 3 aromatic rings. The minimum atomic E-state index is -0.570. The number of nitrogens with zero attached hydrogens (tertiary/aromatic N) is 3. The molecule has 4 nitrogen and oxygen atoms in total. The Labute approximate surface area is 156 Å². The van der Waals surface area contributed by atoms with Crippen LogP contribution in [0.25, 0.3) is 0 Å². The first-order chi connectivity index (χ1) is 13.1. The van der Waals surface area contributed by atoms with Crippen molar-refractivity contribution in [1.82, 2.24) is 14.5 Å². The fraction of sp³-hybridized carbons (Fsp3) is 0.143. The Kier molecular flexibility index (Phi) is 5.76. The molecule has 0 aliphatic carbocycles. The second kappa shape index (κ2) is 8.40. The zero-order valence-electron chi connectivity index (χ0n) is 14.7. The molecule has 138 valence electrons. The van der Waals surface area contributed by atoms with Crippen LogP contribution in [0.1, 0.15) is 21.7 Å². The number of aromatic nitrogens is 2. The Morgan fingerprint density at radius 1 is 1.19 bits per heavy atom. The fourth-order valence-electron chi connectivity index (χ4n) is 2.82. The molecule has 1 aromatic heterocycles. The molecule has 0 N–H and O–H groups in total. The molecular weight excluding hydrogens is 348 g/mol. The standard InChI is InChI=1S/C21H19F2N3O/c1-2-11-26(21(27)18-8-3-4-9-19(18)23)15-20-24-10-12-25(20)14-16-6-5-7-17(22)13-16/h2-10,12-13H,1,11,14-15H2. The number of carbonyl (C=O) groups is 1. The van der Waals surface area contributed by atoms with E-state index in [1.54, 1.807) is 30.6 Å². The highest BCUT2D eigenvalue weighted by Crippen LogP contribution is 2.14. The van der Waals surface area contributed by atoms with Crippen LogP contribution in [0.15, 0.2) is 73.6 Å². The van der Waals surface area contributed by atoms with Crippen molar-refractivity contribution in [1.29, 1.82) is 0 Å². The highest BCUT2D eigenvalue weighted by atomic mass is 19.1. The Morgan fingerprint density at radius 3 is 2.74 bits per heavy atom. The third-order valence-electron chi connectivity index (χ3n) is 4.12. The molecule has 27 heavy (non-hydrogen) atoms. The van der Waals surface area contributed by atoms with Crippen molar-refractivity contribution < 1.29 is 13.6 Å². The molecule has 3 rings (SSSR count). The summed E-state index contributed by atoms with van der Waals surface area (Å²) in [6.45, 7) is 4.52. The minimum Gasteiger partial charge on any atom is -0.329 e. The number of halogens is 2. The van der Waals surface area contributed by atoms with Crippen LogP contribution in [0, 0.1) is 11.6 Å². The lowest BCUT2D eigenvalue weighted by molar-refractivity contribution is 0.0752. The van der Waals surface area contributed by atoms with Gasteiger partial charge in [0.1, 0.15) is 17.5 Å². The highest BCUT2D eigenvalue weighted by Gasteiger charge is 2.20. The quantitative estimate of drug-likeness (QED) is 0.591. The van der Waals surface area contributed by atoms with Gasteiger partial charge in [0.05, 0.1) is 12.1 Å². The smallest absolute Gasteiger partial charge is 0.257 e. The number of amides is 1. The Hall–Kier alpha value is -3.28. The van der Waals surface area contributed by atoms with Gasteiger partial charge in [-0.1, -0.05) is 30.3 Å². The van der Waals surface area contributed by atoms with Crippen molar-refractivity contribution >= 4 is 5.91 Å². The van der Waals surface area contributed by atoms with Gasteiger partial charge in [-0.15, -0.1) is 6.58 Å². The van der Waals surface area contributed by atoms with Gasteiger partial charge >= 0.3 is 0 Å². The molecule has 2 aromatic carbocycles. The van der Waals surface area contributed by atoms with E-state index in [0.29, 0.717) is 12.4 Å². The molecule has 0 aliphatic heterocycles. The SMILES string of the molecule is C=CCN(Cc1nccn1Cc1cccc(F)c1)C(=O)c1ccccc1F. The molecule has 0 saturated carbocycles. The summed E-state index contributed by atoms with van der Waals surface area (Å²) in [7, 11) is 0. The van der Waals surface area contributed by atoms with Crippen molar-refractivity contribution in [2.75, 3.05) is 6.54 Å². The lowest BCUT2D eigenvalue weighted by Crippen LogP contribution is -2.32. The normalized spacial score (nSPS) is 10.6. The van der Waals surface area contributed by atoms with Crippen LogP contribution in [0.5, 0.6) is 0 Å². The average molecular weight is 367 g/mol. The van der Waals surface area contributed by atoms with Crippen molar-refractivity contribution in [2.45, 2.75) is 13.1 Å². The van der Waals surface area contributed by atoms with Gasteiger partial charge in [0.2, 0.25) is 0 Å². The summed E-state index contributed by atoms with van der Waals surface area (Å²) in [6.07, 6.45) is 4.97. The first-order valence-corrected chi connectivity index (χ1v) is 8.47. The van der Waals surface area contributed by atoms with E-state index in [0.717, 1.165) is 5.56 Å². The fourth-order valence-corrected chi connectivity index (χ4v) is 2.82. The van der Waals surface area contributed by atoms with Crippen molar-refractivity contribution in [3.05, 3.63) is 102 Å². The lowest BCUT2D eigenvalue weighted by Gasteiger charge is -2.22.